The van der Waals surface area contributed by atoms with E-state index in [0.29, 0.717) is 17.8 Å². The number of hydrogen-bond acceptors (Lipinski definition) is 3. The number of aryl methyl sites for hydroxylation is 1. The number of carbonyl (C=O) groups is 1. The minimum absolute atomic E-state index is 0.121. The van der Waals surface area contributed by atoms with E-state index >= 15 is 0 Å². The monoisotopic (exact) mass is 420 g/mol. The van der Waals surface area contributed by atoms with Gasteiger partial charge in [0.1, 0.15) is 0 Å². The first-order chi connectivity index (χ1) is 14.4. The molecule has 0 saturated heterocycles. The molecule has 5 nitrogen and oxygen atoms in total. The van der Waals surface area contributed by atoms with Crippen molar-refractivity contribution in [2.45, 2.75) is 18.4 Å². The molecule has 3 rings (SSSR count). The van der Waals surface area contributed by atoms with Crippen LogP contribution in [0.15, 0.2) is 96.4 Å². The number of carbonyl (C=O) groups excluding carboxylic acids is 1. The molecule has 0 heterocycles. The highest BCUT2D eigenvalue weighted by Crippen LogP contribution is 2.24. The molecule has 1 N–H and O–H groups in total. The van der Waals surface area contributed by atoms with Crippen LogP contribution in [0.5, 0.6) is 0 Å². The summed E-state index contributed by atoms with van der Waals surface area (Å²) in [5.41, 5.74) is 3.10. The molecule has 30 heavy (non-hydrogen) atoms. The zero-order valence-electron chi connectivity index (χ0n) is 16.8. The molecule has 0 radical (unpaired) electrons. The molecular weight excluding hydrogens is 396 g/mol. The Hall–Kier alpha value is -3.38. The lowest BCUT2D eigenvalue weighted by Gasteiger charge is -2.23. The van der Waals surface area contributed by atoms with Gasteiger partial charge in [-0.15, -0.1) is 6.58 Å². The minimum Gasteiger partial charge on any atom is -0.348 e. The van der Waals surface area contributed by atoms with Gasteiger partial charge in [-0.05, 0) is 48.9 Å². The summed E-state index contributed by atoms with van der Waals surface area (Å²) in [5, 5.41) is 2.88. The highest BCUT2D eigenvalue weighted by molar-refractivity contribution is 7.92. The Bertz CT molecular complexity index is 1110. The Labute approximate surface area is 177 Å². The molecular formula is C24H24N2O3S. The lowest BCUT2D eigenvalue weighted by Crippen LogP contribution is -2.31. The molecule has 3 aromatic carbocycles. The molecule has 0 atom stereocenters. The van der Waals surface area contributed by atoms with Crippen LogP contribution < -0.4 is 9.62 Å². The van der Waals surface area contributed by atoms with E-state index in [0.717, 1.165) is 11.1 Å². The van der Waals surface area contributed by atoms with Crippen LogP contribution in [0, 0.1) is 6.92 Å². The van der Waals surface area contributed by atoms with Crippen molar-refractivity contribution in [2.24, 2.45) is 0 Å². The van der Waals surface area contributed by atoms with Gasteiger partial charge in [-0.2, -0.15) is 0 Å². The Morgan fingerprint density at radius 2 is 1.60 bits per heavy atom. The van der Waals surface area contributed by atoms with Crippen LogP contribution >= 0.6 is 0 Å². The summed E-state index contributed by atoms with van der Waals surface area (Å²) in [4.78, 5) is 12.7. The number of nitrogens with zero attached hydrogens (tertiary/aromatic N) is 1. The van der Waals surface area contributed by atoms with E-state index in [-0.39, 0.29) is 17.3 Å². The second-order valence-corrected chi connectivity index (χ2v) is 8.72. The van der Waals surface area contributed by atoms with Gasteiger partial charge in [0.25, 0.3) is 15.9 Å². The number of anilines is 1. The Kier molecular flexibility index (Phi) is 6.69. The summed E-state index contributed by atoms with van der Waals surface area (Å²) < 4.78 is 27.3. The molecule has 0 saturated carbocycles. The third kappa shape index (κ3) is 4.96. The highest BCUT2D eigenvalue weighted by atomic mass is 32.2. The second-order valence-electron chi connectivity index (χ2n) is 6.85. The number of sulfonamides is 1. The lowest BCUT2D eigenvalue weighted by atomic mass is 10.1. The summed E-state index contributed by atoms with van der Waals surface area (Å²) in [5.74, 6) is -0.219. The molecule has 0 fully saturated rings. The van der Waals surface area contributed by atoms with Crippen LogP contribution in [-0.4, -0.2) is 20.9 Å². The van der Waals surface area contributed by atoms with E-state index in [9.17, 15) is 13.2 Å². The number of benzene rings is 3. The van der Waals surface area contributed by atoms with E-state index in [4.69, 9.17) is 0 Å². The van der Waals surface area contributed by atoms with Crippen LogP contribution in [0.3, 0.4) is 0 Å². The van der Waals surface area contributed by atoms with Gasteiger partial charge in [-0.25, -0.2) is 8.42 Å². The quantitative estimate of drug-likeness (QED) is 0.553. The SMILES string of the molecule is C=CCN(c1ccc(C(=O)NCc2ccc(C)cc2)cc1)S(=O)(=O)c1ccccc1. The fraction of sp³-hybridized carbons (Fsp3) is 0.125. The number of rotatable bonds is 8. The zero-order chi connectivity index (χ0) is 21.6. The fourth-order valence-electron chi connectivity index (χ4n) is 2.95. The van der Waals surface area contributed by atoms with Crippen molar-refractivity contribution in [2.75, 3.05) is 10.8 Å². The number of hydrogen-bond donors (Lipinski definition) is 1. The van der Waals surface area contributed by atoms with Crippen molar-refractivity contribution < 1.29 is 13.2 Å². The van der Waals surface area contributed by atoms with Crippen LogP contribution in [0.4, 0.5) is 5.69 Å². The predicted molar refractivity (Wildman–Crippen MR) is 120 cm³/mol. The summed E-state index contributed by atoms with van der Waals surface area (Å²) in [6.45, 7) is 6.22. The van der Waals surface area contributed by atoms with Gasteiger partial charge in [0, 0.05) is 12.1 Å². The molecule has 3 aromatic rings. The molecule has 0 aliphatic rings. The van der Waals surface area contributed by atoms with Gasteiger partial charge in [0.15, 0.2) is 0 Å². The van der Waals surface area contributed by atoms with E-state index in [1.807, 2.05) is 31.2 Å². The average molecular weight is 421 g/mol. The van der Waals surface area contributed by atoms with Gasteiger partial charge < -0.3 is 5.32 Å². The summed E-state index contributed by atoms with van der Waals surface area (Å²) in [6, 6.07) is 22.7. The third-order valence-electron chi connectivity index (χ3n) is 4.62. The lowest BCUT2D eigenvalue weighted by molar-refractivity contribution is 0.0951. The van der Waals surface area contributed by atoms with Crippen molar-refractivity contribution >= 4 is 21.6 Å². The summed E-state index contributed by atoms with van der Waals surface area (Å²) in [7, 11) is -3.74. The third-order valence-corrected chi connectivity index (χ3v) is 6.43. The summed E-state index contributed by atoms with van der Waals surface area (Å²) >= 11 is 0. The molecule has 1 amide bonds. The number of amides is 1. The zero-order valence-corrected chi connectivity index (χ0v) is 17.6. The first kappa shape index (κ1) is 21.3. The van der Waals surface area contributed by atoms with Crippen LogP contribution in [0.25, 0.3) is 0 Å². The van der Waals surface area contributed by atoms with Crippen molar-refractivity contribution in [3.05, 3.63) is 108 Å². The first-order valence-corrected chi connectivity index (χ1v) is 11.0. The van der Waals surface area contributed by atoms with Crippen LogP contribution in [0.2, 0.25) is 0 Å². The fourth-order valence-corrected chi connectivity index (χ4v) is 4.41. The van der Waals surface area contributed by atoms with E-state index in [1.165, 1.54) is 10.4 Å². The largest absolute Gasteiger partial charge is 0.348 e. The molecule has 0 aromatic heterocycles. The van der Waals surface area contributed by atoms with Crippen molar-refractivity contribution in [1.29, 1.82) is 0 Å². The van der Waals surface area contributed by atoms with Crippen LogP contribution in [0.1, 0.15) is 21.5 Å². The standard InChI is InChI=1S/C24H24N2O3S/c1-3-17-26(30(28,29)23-7-5-4-6-8-23)22-15-13-21(14-16-22)24(27)25-18-20-11-9-19(2)10-12-20/h3-16H,1,17-18H2,2H3,(H,25,27). The smallest absolute Gasteiger partial charge is 0.264 e. The molecule has 6 heteroatoms. The maximum atomic E-state index is 13.0. The van der Waals surface area contributed by atoms with E-state index in [1.54, 1.807) is 54.6 Å². The predicted octanol–water partition coefficient (Wildman–Crippen LogP) is 4.31. The number of nitrogens with one attached hydrogen (secondary N) is 1. The second kappa shape index (κ2) is 9.41. The van der Waals surface area contributed by atoms with E-state index < -0.39 is 10.0 Å². The van der Waals surface area contributed by atoms with Crippen molar-refractivity contribution in [3.8, 4) is 0 Å². The molecule has 0 aliphatic heterocycles. The molecule has 0 bridgehead atoms. The molecule has 0 unspecified atom stereocenters. The van der Waals surface area contributed by atoms with Gasteiger partial charge in [-0.1, -0.05) is 54.1 Å². The van der Waals surface area contributed by atoms with Crippen molar-refractivity contribution in [1.82, 2.24) is 5.32 Å². The van der Waals surface area contributed by atoms with Crippen LogP contribution in [-0.2, 0) is 16.6 Å². The molecule has 0 aliphatic carbocycles. The Morgan fingerprint density at radius 1 is 0.967 bits per heavy atom. The minimum atomic E-state index is -3.74. The van der Waals surface area contributed by atoms with Crippen molar-refractivity contribution in [3.63, 3.8) is 0 Å². The highest BCUT2D eigenvalue weighted by Gasteiger charge is 2.23. The van der Waals surface area contributed by atoms with E-state index in [2.05, 4.69) is 11.9 Å². The van der Waals surface area contributed by atoms with Gasteiger partial charge in [-0.3, -0.25) is 9.10 Å². The maximum absolute atomic E-state index is 13.0. The molecule has 0 spiro atoms. The molecule has 154 valence electrons. The average Bonchev–Trinajstić information content (AvgIpc) is 2.77. The normalized spacial score (nSPS) is 11.0. The Morgan fingerprint density at radius 3 is 2.20 bits per heavy atom. The maximum Gasteiger partial charge on any atom is 0.264 e. The van der Waals surface area contributed by atoms with Gasteiger partial charge in [0.05, 0.1) is 17.1 Å². The van der Waals surface area contributed by atoms with Gasteiger partial charge in [0.2, 0.25) is 0 Å². The Balaban J connectivity index is 1.76. The topological polar surface area (TPSA) is 66.5 Å². The summed E-state index contributed by atoms with van der Waals surface area (Å²) in [6.07, 6.45) is 1.53. The van der Waals surface area contributed by atoms with Gasteiger partial charge >= 0.3 is 0 Å². The first-order valence-electron chi connectivity index (χ1n) is 9.54.